The second-order valence-corrected chi connectivity index (χ2v) is 10.1. The number of hydrogen-bond acceptors (Lipinski definition) is 10. The van der Waals surface area contributed by atoms with Crippen molar-refractivity contribution in [2.24, 2.45) is 0 Å². The van der Waals surface area contributed by atoms with Gasteiger partial charge in [0.1, 0.15) is 29.8 Å². The van der Waals surface area contributed by atoms with Crippen LogP contribution in [0.5, 0.6) is 29.0 Å². The molecule has 4 heterocycles. The van der Waals surface area contributed by atoms with Crippen molar-refractivity contribution in [3.8, 4) is 34.7 Å². The highest BCUT2D eigenvalue weighted by molar-refractivity contribution is 5.93. The van der Waals surface area contributed by atoms with Crippen molar-refractivity contribution in [2.45, 2.75) is 18.9 Å². The fourth-order valence-electron chi connectivity index (χ4n) is 4.99. The summed E-state index contributed by atoms with van der Waals surface area (Å²) in [5.41, 5.74) is 1.51. The first kappa shape index (κ1) is 29.4. The van der Waals surface area contributed by atoms with E-state index < -0.39 is 5.82 Å². The summed E-state index contributed by atoms with van der Waals surface area (Å²) in [5, 5.41) is 8.08. The summed E-state index contributed by atoms with van der Waals surface area (Å²) in [4.78, 5) is 26.5. The van der Waals surface area contributed by atoms with Gasteiger partial charge in [0.2, 0.25) is 17.7 Å². The number of piperidine rings is 1. The van der Waals surface area contributed by atoms with Crippen LogP contribution in [0.3, 0.4) is 0 Å². The Morgan fingerprint density at radius 1 is 1.00 bits per heavy atom. The maximum absolute atomic E-state index is 15.3. The van der Waals surface area contributed by atoms with Crippen molar-refractivity contribution >= 4 is 28.3 Å². The minimum absolute atomic E-state index is 0.0883. The van der Waals surface area contributed by atoms with Gasteiger partial charge in [-0.2, -0.15) is 0 Å². The molecule has 0 atom stereocenters. The predicted molar refractivity (Wildman–Crippen MR) is 164 cm³/mol. The minimum atomic E-state index is -0.552. The molecule has 0 spiro atoms. The van der Waals surface area contributed by atoms with Crippen molar-refractivity contribution in [3.63, 3.8) is 0 Å². The number of likely N-dealkylation sites (tertiary alicyclic amines) is 1. The van der Waals surface area contributed by atoms with Crippen LogP contribution in [0.25, 0.3) is 16.6 Å². The highest BCUT2D eigenvalue weighted by atomic mass is 19.1. The standard InChI is InChI=1S/C32H30FN7O5/c1-4-31(41)39-12-8-21(9-13-39)44-28-17-23-26(18-27(28)42-2)35-19-36-32(23)37-25-6-5-22(16-24(25)33)45-29-10-14-40(38-29)20-7-11-34-30(15-20)43-3/h4-7,10-11,14-19,21H,1,8-9,12-13H2,2-3H3,(H,35,36,37). The average Bonchev–Trinajstić information content (AvgIpc) is 3.54. The molecule has 0 saturated carbocycles. The summed E-state index contributed by atoms with van der Waals surface area (Å²) < 4.78 is 39.8. The second-order valence-electron chi connectivity index (χ2n) is 10.1. The number of amides is 1. The molecule has 6 rings (SSSR count). The molecule has 45 heavy (non-hydrogen) atoms. The molecule has 5 aromatic rings. The maximum atomic E-state index is 15.3. The van der Waals surface area contributed by atoms with Crippen LogP contribution in [-0.2, 0) is 4.79 Å². The van der Waals surface area contributed by atoms with Gasteiger partial charge < -0.3 is 29.2 Å². The Kier molecular flexibility index (Phi) is 8.40. The van der Waals surface area contributed by atoms with E-state index >= 15 is 4.39 Å². The van der Waals surface area contributed by atoms with Gasteiger partial charge >= 0.3 is 0 Å². The molecule has 1 amide bonds. The summed E-state index contributed by atoms with van der Waals surface area (Å²) in [5.74, 6) is 1.77. The number of hydrogen-bond donors (Lipinski definition) is 1. The number of benzene rings is 2. The molecule has 1 fully saturated rings. The molecule has 0 radical (unpaired) electrons. The number of ether oxygens (including phenoxy) is 4. The van der Waals surface area contributed by atoms with Gasteiger partial charge in [-0.1, -0.05) is 6.58 Å². The van der Waals surface area contributed by atoms with Crippen molar-refractivity contribution in [1.29, 1.82) is 0 Å². The number of fused-ring (bicyclic) bond motifs is 1. The number of nitrogens with one attached hydrogen (secondary N) is 1. The van der Waals surface area contributed by atoms with Gasteiger partial charge in [0.05, 0.1) is 31.1 Å². The molecular formula is C32H30FN7O5. The number of nitrogens with zero attached hydrogens (tertiary/aromatic N) is 6. The molecule has 1 aliphatic heterocycles. The number of anilines is 2. The van der Waals surface area contributed by atoms with Gasteiger partial charge in [-0.05, 0) is 30.3 Å². The number of pyridine rings is 1. The number of carbonyl (C=O) groups is 1. The molecule has 13 heteroatoms. The molecule has 1 aliphatic rings. The molecule has 3 aromatic heterocycles. The SMILES string of the molecule is C=CC(=O)N1CCC(Oc2cc3c(Nc4ccc(Oc5ccn(-c6ccnc(OC)c6)n5)cc4F)ncnc3cc2OC)CC1. The zero-order valence-electron chi connectivity index (χ0n) is 24.6. The van der Waals surface area contributed by atoms with Crippen molar-refractivity contribution in [2.75, 3.05) is 32.6 Å². The van der Waals surface area contributed by atoms with E-state index in [-0.39, 0.29) is 29.3 Å². The fraction of sp³-hybridized carbons (Fsp3) is 0.219. The topological polar surface area (TPSA) is 126 Å². The lowest BCUT2D eigenvalue weighted by molar-refractivity contribution is -0.127. The van der Waals surface area contributed by atoms with Crippen LogP contribution in [-0.4, -0.2) is 69.0 Å². The van der Waals surface area contributed by atoms with Crippen LogP contribution in [0.1, 0.15) is 12.8 Å². The Hall–Kier alpha value is -5.72. The van der Waals surface area contributed by atoms with Gasteiger partial charge in [0, 0.05) is 68.0 Å². The van der Waals surface area contributed by atoms with Crippen LogP contribution in [0.4, 0.5) is 15.9 Å². The van der Waals surface area contributed by atoms with Gasteiger partial charge in [0.15, 0.2) is 11.5 Å². The van der Waals surface area contributed by atoms with E-state index in [1.807, 2.05) is 0 Å². The summed E-state index contributed by atoms with van der Waals surface area (Å²) in [6.45, 7) is 4.70. The summed E-state index contributed by atoms with van der Waals surface area (Å²) in [6, 6.07) is 13.2. The van der Waals surface area contributed by atoms with Gasteiger partial charge in [0.25, 0.3) is 0 Å². The van der Waals surface area contributed by atoms with E-state index in [9.17, 15) is 4.79 Å². The first-order valence-electron chi connectivity index (χ1n) is 14.2. The first-order valence-corrected chi connectivity index (χ1v) is 14.2. The third-order valence-electron chi connectivity index (χ3n) is 7.32. The number of carbonyl (C=O) groups excluding carboxylic acids is 1. The largest absolute Gasteiger partial charge is 0.493 e. The number of methoxy groups -OCH3 is 2. The molecule has 0 bridgehead atoms. The lowest BCUT2D eigenvalue weighted by Crippen LogP contribution is -2.41. The Balaban J connectivity index is 1.18. The summed E-state index contributed by atoms with van der Waals surface area (Å²) in [6.07, 6.45) is 7.25. The predicted octanol–water partition coefficient (Wildman–Crippen LogP) is 5.46. The van der Waals surface area contributed by atoms with Crippen molar-refractivity contribution < 1.29 is 28.1 Å². The molecule has 0 unspecified atom stereocenters. The molecule has 0 aliphatic carbocycles. The van der Waals surface area contributed by atoms with Crippen LogP contribution in [0.15, 0.2) is 79.9 Å². The van der Waals surface area contributed by atoms with E-state index in [1.165, 1.54) is 25.6 Å². The molecular weight excluding hydrogens is 581 g/mol. The first-order chi connectivity index (χ1) is 21.9. The Morgan fingerprint density at radius 2 is 1.84 bits per heavy atom. The number of halogens is 1. The summed E-state index contributed by atoms with van der Waals surface area (Å²) in [7, 11) is 3.09. The van der Waals surface area contributed by atoms with Crippen molar-refractivity contribution in [3.05, 3.63) is 85.7 Å². The zero-order valence-corrected chi connectivity index (χ0v) is 24.6. The van der Waals surface area contributed by atoms with Gasteiger partial charge in [-0.15, -0.1) is 5.10 Å². The molecule has 12 nitrogen and oxygen atoms in total. The van der Waals surface area contributed by atoms with Gasteiger partial charge in [-0.3, -0.25) is 4.79 Å². The molecule has 230 valence electrons. The Labute approximate surface area is 258 Å². The lowest BCUT2D eigenvalue weighted by atomic mass is 10.1. The fourth-order valence-corrected chi connectivity index (χ4v) is 4.99. The second kappa shape index (κ2) is 12.9. The number of rotatable bonds is 10. The van der Waals surface area contributed by atoms with E-state index in [4.69, 9.17) is 18.9 Å². The molecule has 1 saturated heterocycles. The van der Waals surface area contributed by atoms with Crippen LogP contribution in [0.2, 0.25) is 0 Å². The minimum Gasteiger partial charge on any atom is -0.493 e. The van der Waals surface area contributed by atoms with Crippen LogP contribution in [0, 0.1) is 5.82 Å². The average molecular weight is 612 g/mol. The normalized spacial score (nSPS) is 13.4. The van der Waals surface area contributed by atoms with E-state index in [2.05, 4.69) is 31.9 Å². The highest BCUT2D eigenvalue weighted by Crippen LogP contribution is 2.37. The van der Waals surface area contributed by atoms with E-state index in [0.717, 1.165) is 5.69 Å². The third-order valence-corrected chi connectivity index (χ3v) is 7.32. The maximum Gasteiger partial charge on any atom is 0.245 e. The Morgan fingerprint density at radius 3 is 2.60 bits per heavy atom. The highest BCUT2D eigenvalue weighted by Gasteiger charge is 2.24. The molecule has 1 N–H and O–H groups in total. The van der Waals surface area contributed by atoms with Gasteiger partial charge in [-0.25, -0.2) is 24.0 Å². The van der Waals surface area contributed by atoms with Crippen molar-refractivity contribution in [1.82, 2.24) is 29.6 Å². The van der Waals surface area contributed by atoms with Crippen LogP contribution >= 0.6 is 0 Å². The Bertz CT molecular complexity index is 1860. The molecule has 2 aromatic carbocycles. The van der Waals surface area contributed by atoms with Crippen LogP contribution < -0.4 is 24.3 Å². The van der Waals surface area contributed by atoms with E-state index in [1.54, 1.807) is 71.5 Å². The summed E-state index contributed by atoms with van der Waals surface area (Å²) >= 11 is 0. The monoisotopic (exact) mass is 611 g/mol. The quantitative estimate of drug-likeness (QED) is 0.204. The smallest absolute Gasteiger partial charge is 0.245 e. The number of aromatic nitrogens is 5. The zero-order chi connectivity index (χ0) is 31.3. The van der Waals surface area contributed by atoms with E-state index in [0.29, 0.717) is 60.0 Å². The third kappa shape index (κ3) is 6.47. The lowest BCUT2D eigenvalue weighted by Gasteiger charge is -2.31.